The number of benzene rings is 2. The third kappa shape index (κ3) is 3.63. The predicted octanol–water partition coefficient (Wildman–Crippen LogP) is 2.65. The summed E-state index contributed by atoms with van der Waals surface area (Å²) in [6, 6.07) is 11.4. The normalized spacial score (nSPS) is 23.2. The van der Waals surface area contributed by atoms with Gasteiger partial charge < -0.3 is 14.6 Å². The van der Waals surface area contributed by atoms with E-state index in [0.717, 1.165) is 0 Å². The molecule has 25 heavy (non-hydrogen) atoms. The van der Waals surface area contributed by atoms with Crippen LogP contribution in [0.3, 0.4) is 0 Å². The minimum absolute atomic E-state index is 0.00328. The maximum absolute atomic E-state index is 10.7. The second kappa shape index (κ2) is 6.93. The SMILES string of the molecule is O=[N+]([O-])c1ccc([C@H]2OC[C@@H](O)[C@@H](c3ccc([N+](=O)[O-])cc3)O2)cc1. The average molecular weight is 346 g/mol. The fourth-order valence-corrected chi connectivity index (χ4v) is 2.55. The standard InChI is InChI=1S/C16H14N2O7/c19-14-9-24-16(11-3-7-13(8-4-11)18(22)23)25-15(14)10-1-5-12(6-2-10)17(20)21/h1-8,14-16,19H,9H2/t14-,15-,16+/m1/s1. The van der Waals surface area contributed by atoms with E-state index >= 15 is 0 Å². The van der Waals surface area contributed by atoms with Gasteiger partial charge in [-0.3, -0.25) is 20.2 Å². The first-order chi connectivity index (χ1) is 12.0. The number of ether oxygens (including phenoxy) is 2. The zero-order valence-corrected chi connectivity index (χ0v) is 12.8. The molecule has 1 saturated heterocycles. The Morgan fingerprint density at radius 3 is 1.84 bits per heavy atom. The second-order valence-electron chi connectivity index (χ2n) is 5.49. The third-order valence-electron chi connectivity index (χ3n) is 3.85. The number of nitro benzene ring substituents is 2. The van der Waals surface area contributed by atoms with E-state index < -0.39 is 28.3 Å². The number of non-ortho nitro benzene ring substituents is 2. The zero-order chi connectivity index (χ0) is 18.0. The third-order valence-corrected chi connectivity index (χ3v) is 3.85. The maximum Gasteiger partial charge on any atom is 0.269 e. The van der Waals surface area contributed by atoms with Gasteiger partial charge in [-0.1, -0.05) is 0 Å². The molecular weight excluding hydrogens is 332 g/mol. The van der Waals surface area contributed by atoms with E-state index in [1.54, 1.807) is 0 Å². The number of hydrogen-bond donors (Lipinski definition) is 1. The van der Waals surface area contributed by atoms with Gasteiger partial charge in [-0.2, -0.15) is 0 Å². The van der Waals surface area contributed by atoms with Crippen LogP contribution in [0.15, 0.2) is 48.5 Å². The first-order valence-electron chi connectivity index (χ1n) is 7.39. The van der Waals surface area contributed by atoms with Gasteiger partial charge in [-0.05, 0) is 29.8 Å². The fourth-order valence-electron chi connectivity index (χ4n) is 2.55. The molecule has 0 radical (unpaired) electrons. The highest BCUT2D eigenvalue weighted by molar-refractivity contribution is 5.35. The van der Waals surface area contributed by atoms with Crippen LogP contribution < -0.4 is 0 Å². The molecular formula is C16H14N2O7. The molecule has 130 valence electrons. The highest BCUT2D eigenvalue weighted by Crippen LogP contribution is 2.35. The summed E-state index contributed by atoms with van der Waals surface area (Å²) in [7, 11) is 0. The molecule has 2 aromatic rings. The molecule has 0 aliphatic carbocycles. The van der Waals surface area contributed by atoms with E-state index in [-0.39, 0.29) is 18.0 Å². The minimum Gasteiger partial charge on any atom is -0.388 e. The van der Waals surface area contributed by atoms with Gasteiger partial charge in [0.1, 0.15) is 12.2 Å². The monoisotopic (exact) mass is 346 g/mol. The molecule has 1 heterocycles. The van der Waals surface area contributed by atoms with Crippen molar-refractivity contribution >= 4 is 11.4 Å². The molecule has 3 rings (SSSR count). The van der Waals surface area contributed by atoms with Gasteiger partial charge in [-0.15, -0.1) is 0 Å². The Labute approximate surface area is 141 Å². The average Bonchev–Trinajstić information content (AvgIpc) is 2.62. The van der Waals surface area contributed by atoms with Crippen LogP contribution >= 0.6 is 0 Å². The number of nitrogens with zero attached hydrogens (tertiary/aromatic N) is 2. The molecule has 1 aliphatic heterocycles. The summed E-state index contributed by atoms with van der Waals surface area (Å²) < 4.78 is 11.2. The Hall–Kier alpha value is -2.88. The summed E-state index contributed by atoms with van der Waals surface area (Å²) in [5, 5.41) is 31.5. The molecule has 0 unspecified atom stereocenters. The number of nitro groups is 2. The lowest BCUT2D eigenvalue weighted by molar-refractivity contribution is -0.385. The van der Waals surface area contributed by atoms with Gasteiger partial charge in [0.15, 0.2) is 6.29 Å². The van der Waals surface area contributed by atoms with Crippen LogP contribution in [0.4, 0.5) is 11.4 Å². The molecule has 1 aliphatic rings. The smallest absolute Gasteiger partial charge is 0.269 e. The quantitative estimate of drug-likeness (QED) is 0.666. The lowest BCUT2D eigenvalue weighted by Gasteiger charge is -2.34. The fraction of sp³-hybridized carbons (Fsp3) is 0.250. The summed E-state index contributed by atoms with van der Waals surface area (Å²) in [6.45, 7) is 0.00328. The molecule has 9 heteroatoms. The summed E-state index contributed by atoms with van der Waals surface area (Å²) in [4.78, 5) is 20.4. The number of aliphatic hydroxyl groups excluding tert-OH is 1. The molecule has 0 bridgehead atoms. The highest BCUT2D eigenvalue weighted by atomic mass is 16.7. The van der Waals surface area contributed by atoms with Crippen LogP contribution in [0.1, 0.15) is 23.5 Å². The zero-order valence-electron chi connectivity index (χ0n) is 12.8. The van der Waals surface area contributed by atoms with E-state index in [4.69, 9.17) is 9.47 Å². The van der Waals surface area contributed by atoms with Gasteiger partial charge in [0, 0.05) is 29.8 Å². The second-order valence-corrected chi connectivity index (χ2v) is 5.49. The molecule has 1 fully saturated rings. The van der Waals surface area contributed by atoms with Crippen LogP contribution in [0.2, 0.25) is 0 Å². The lowest BCUT2D eigenvalue weighted by Crippen LogP contribution is -2.34. The molecule has 9 nitrogen and oxygen atoms in total. The number of aliphatic hydroxyl groups is 1. The van der Waals surface area contributed by atoms with Gasteiger partial charge in [0.05, 0.1) is 16.5 Å². The van der Waals surface area contributed by atoms with Crippen molar-refractivity contribution in [2.24, 2.45) is 0 Å². The van der Waals surface area contributed by atoms with Crippen LogP contribution in [0, 0.1) is 20.2 Å². The molecule has 2 aromatic carbocycles. The number of rotatable bonds is 4. The van der Waals surface area contributed by atoms with Crippen molar-refractivity contribution in [1.82, 2.24) is 0 Å². The molecule has 1 N–H and O–H groups in total. The highest BCUT2D eigenvalue weighted by Gasteiger charge is 2.33. The summed E-state index contributed by atoms with van der Waals surface area (Å²) >= 11 is 0. The Kier molecular flexibility index (Phi) is 4.70. The largest absolute Gasteiger partial charge is 0.388 e. The van der Waals surface area contributed by atoms with Gasteiger partial charge >= 0.3 is 0 Å². The topological polar surface area (TPSA) is 125 Å². The molecule has 3 atom stereocenters. The predicted molar refractivity (Wildman–Crippen MR) is 84.7 cm³/mol. The van der Waals surface area contributed by atoms with Crippen molar-refractivity contribution in [3.63, 3.8) is 0 Å². The van der Waals surface area contributed by atoms with Crippen LogP contribution in [-0.4, -0.2) is 27.7 Å². The van der Waals surface area contributed by atoms with Crippen LogP contribution in [-0.2, 0) is 9.47 Å². The first kappa shape index (κ1) is 17.0. The van der Waals surface area contributed by atoms with Crippen molar-refractivity contribution in [2.75, 3.05) is 6.61 Å². The summed E-state index contributed by atoms with van der Waals surface area (Å²) in [6.07, 6.45) is -2.46. The first-order valence-corrected chi connectivity index (χ1v) is 7.39. The van der Waals surface area contributed by atoms with Crippen molar-refractivity contribution in [1.29, 1.82) is 0 Å². The van der Waals surface area contributed by atoms with Crippen molar-refractivity contribution < 1.29 is 24.4 Å². The Bertz CT molecular complexity index is 776. The van der Waals surface area contributed by atoms with Crippen LogP contribution in [0.25, 0.3) is 0 Å². The number of hydrogen-bond acceptors (Lipinski definition) is 7. The van der Waals surface area contributed by atoms with Gasteiger partial charge in [0.2, 0.25) is 0 Å². The molecule has 0 amide bonds. The Balaban J connectivity index is 1.79. The van der Waals surface area contributed by atoms with Crippen LogP contribution in [0.5, 0.6) is 0 Å². The van der Waals surface area contributed by atoms with Crippen molar-refractivity contribution in [3.05, 3.63) is 79.9 Å². The van der Waals surface area contributed by atoms with Crippen molar-refractivity contribution in [3.8, 4) is 0 Å². The van der Waals surface area contributed by atoms with E-state index in [1.807, 2.05) is 0 Å². The molecule has 0 saturated carbocycles. The van der Waals surface area contributed by atoms with Gasteiger partial charge in [-0.25, -0.2) is 0 Å². The molecule has 0 aromatic heterocycles. The lowest BCUT2D eigenvalue weighted by atomic mass is 10.0. The summed E-state index contributed by atoms with van der Waals surface area (Å²) in [5.74, 6) is 0. The van der Waals surface area contributed by atoms with E-state index in [1.165, 1.54) is 48.5 Å². The molecule has 0 spiro atoms. The maximum atomic E-state index is 10.7. The summed E-state index contributed by atoms with van der Waals surface area (Å²) in [5.41, 5.74) is 1.04. The van der Waals surface area contributed by atoms with E-state index in [2.05, 4.69) is 0 Å². The van der Waals surface area contributed by atoms with Crippen molar-refractivity contribution in [2.45, 2.75) is 18.5 Å². The van der Waals surface area contributed by atoms with E-state index in [9.17, 15) is 25.3 Å². The van der Waals surface area contributed by atoms with Gasteiger partial charge in [0.25, 0.3) is 11.4 Å². The van der Waals surface area contributed by atoms with E-state index in [0.29, 0.717) is 11.1 Å². The Morgan fingerprint density at radius 1 is 0.880 bits per heavy atom. The minimum atomic E-state index is -0.934. The Morgan fingerprint density at radius 2 is 1.36 bits per heavy atom.